The lowest BCUT2D eigenvalue weighted by Crippen LogP contribution is -2.70. The van der Waals surface area contributed by atoms with E-state index in [0.717, 1.165) is 0 Å². The van der Waals surface area contributed by atoms with Gasteiger partial charge in [0, 0.05) is 0 Å². The van der Waals surface area contributed by atoms with Crippen molar-refractivity contribution in [3.8, 4) is 0 Å². The van der Waals surface area contributed by atoms with Gasteiger partial charge < -0.3 is 24.6 Å². The van der Waals surface area contributed by atoms with Crippen LogP contribution in [0, 0.1) is 0 Å². The van der Waals surface area contributed by atoms with E-state index in [0.29, 0.717) is 0 Å². The summed E-state index contributed by atoms with van der Waals surface area (Å²) in [5, 5.41) is 0. The van der Waals surface area contributed by atoms with E-state index in [1.54, 1.807) is 0 Å². The molecule has 12 heavy (non-hydrogen) atoms. The van der Waals surface area contributed by atoms with Crippen LogP contribution in [-0.4, -0.2) is 49.0 Å². The molecule has 0 radical (unpaired) electrons. The van der Waals surface area contributed by atoms with E-state index in [4.69, 9.17) is 0 Å². The third-order valence-electron chi connectivity index (χ3n) is 1.83. The Kier molecular flexibility index (Phi) is 3.60. The first-order valence-electron chi connectivity index (χ1n) is 3.31. The summed E-state index contributed by atoms with van der Waals surface area (Å²) in [6, 6.07) is 0. The highest BCUT2D eigenvalue weighted by Crippen LogP contribution is 2.19. The smallest absolute Gasteiger partial charge is 0.273 e. The number of hydrogen-bond acceptors (Lipinski definition) is 0. The molecule has 0 unspecified atom stereocenters. The summed E-state index contributed by atoms with van der Waals surface area (Å²) >= 11 is 0. The lowest BCUT2D eigenvalue weighted by Gasteiger charge is -2.25. The van der Waals surface area contributed by atoms with Crippen LogP contribution in [0.1, 0.15) is 0 Å². The van der Waals surface area contributed by atoms with Gasteiger partial charge in [0.1, 0.15) is 0 Å². The lowest BCUT2D eigenvalue weighted by atomic mass is 18.9. The van der Waals surface area contributed by atoms with Crippen molar-refractivity contribution in [3.05, 3.63) is 0 Å². The van der Waals surface area contributed by atoms with Crippen LogP contribution in [0.15, 0.2) is 0 Å². The Morgan fingerprint density at radius 1 is 0.333 bits per heavy atom. The van der Waals surface area contributed by atoms with Gasteiger partial charge in [-0.15, -0.1) is 0 Å². The fourth-order valence-corrected chi connectivity index (χ4v) is 139. The molecule has 0 aliphatic carbocycles. The van der Waals surface area contributed by atoms with Gasteiger partial charge >= 0.3 is 0 Å². The molecule has 0 bridgehead atoms. The fourth-order valence-electron chi connectivity index (χ4n) is 1.05. The molecule has 0 atom stereocenters. The SMILES string of the molecule is F[SiH]1[SiH](F)[SiH](F)[SiH](F)[SiH](F)[SiH]1F. The van der Waals surface area contributed by atoms with Crippen LogP contribution >= 0.6 is 0 Å². The van der Waals surface area contributed by atoms with Gasteiger partial charge in [0.2, 0.25) is 0 Å². The zero-order chi connectivity index (χ0) is 9.46. The van der Waals surface area contributed by atoms with E-state index in [-0.39, 0.29) is 0 Å². The molecule has 1 aliphatic rings. The van der Waals surface area contributed by atoms with Gasteiger partial charge in [0.15, 0.2) is 0 Å². The molecule has 0 aromatic carbocycles. The van der Waals surface area contributed by atoms with Crippen molar-refractivity contribution in [1.82, 2.24) is 0 Å². The molecule has 0 saturated carbocycles. The second-order valence-electron chi connectivity index (χ2n) is 2.67. The monoisotopic (exact) mass is 288 g/mol. The van der Waals surface area contributed by atoms with Crippen LogP contribution in [0.2, 0.25) is 0 Å². The van der Waals surface area contributed by atoms with Crippen molar-refractivity contribution in [2.75, 3.05) is 0 Å². The summed E-state index contributed by atoms with van der Waals surface area (Å²) in [5.74, 6) is 0. The van der Waals surface area contributed by atoms with E-state index in [1.165, 1.54) is 0 Å². The first-order valence-corrected chi connectivity index (χ1v) is 21.9. The van der Waals surface area contributed by atoms with E-state index in [9.17, 15) is 24.6 Å². The first-order chi connectivity index (χ1) is 5.46. The van der Waals surface area contributed by atoms with Crippen molar-refractivity contribution in [2.45, 2.75) is 0 Å². The average molecular weight is 289 g/mol. The molecule has 1 aliphatic heterocycles. The van der Waals surface area contributed by atoms with Gasteiger partial charge in [-0.1, -0.05) is 0 Å². The quantitative estimate of drug-likeness (QED) is 0.293. The molecule has 0 aromatic heterocycles. The Balaban J connectivity index is 2.76. The van der Waals surface area contributed by atoms with Crippen LogP contribution in [0.5, 0.6) is 0 Å². The van der Waals surface area contributed by atoms with Crippen LogP contribution < -0.4 is 0 Å². The highest BCUT2D eigenvalue weighted by Gasteiger charge is 2.62. The third kappa shape index (κ3) is 1.72. The van der Waals surface area contributed by atoms with Crippen LogP contribution in [-0.2, 0) is 0 Å². The molecule has 1 fully saturated rings. The zero-order valence-electron chi connectivity index (χ0n) is 5.73. The van der Waals surface area contributed by atoms with Gasteiger partial charge in [-0.3, -0.25) is 0 Å². The minimum Gasteiger partial charge on any atom is -0.320 e. The first kappa shape index (κ1) is 11.0. The van der Waals surface area contributed by atoms with Crippen LogP contribution in [0.3, 0.4) is 0 Å². The highest BCUT2D eigenvalue weighted by molar-refractivity contribution is 7.91. The topological polar surface area (TPSA) is 0 Å². The van der Waals surface area contributed by atoms with Crippen LogP contribution in [0.4, 0.5) is 24.6 Å². The van der Waals surface area contributed by atoms with Crippen molar-refractivity contribution in [3.63, 3.8) is 0 Å². The normalized spacial score (nSPS) is 55.5. The van der Waals surface area contributed by atoms with Gasteiger partial charge in [-0.2, -0.15) is 0 Å². The van der Waals surface area contributed by atoms with Crippen molar-refractivity contribution in [2.24, 2.45) is 0 Å². The molecule has 0 aromatic rings. The highest BCUT2D eigenvalue weighted by atomic mass is 30.2. The zero-order valence-corrected chi connectivity index (χ0v) is 12.7. The molecule has 1 saturated heterocycles. The summed E-state index contributed by atoms with van der Waals surface area (Å²) < 4.78 is 75.6. The van der Waals surface area contributed by atoms with E-state index in [2.05, 4.69) is 0 Å². The van der Waals surface area contributed by atoms with Crippen molar-refractivity contribution < 1.29 is 24.6 Å². The molecular formula is H6F6Si6. The number of rotatable bonds is 0. The van der Waals surface area contributed by atoms with Gasteiger partial charge in [0.05, 0.1) is 0 Å². The summed E-state index contributed by atoms with van der Waals surface area (Å²) in [6.45, 7) is 0. The van der Waals surface area contributed by atoms with E-state index in [1.807, 2.05) is 0 Å². The predicted molar refractivity (Wildman–Crippen MR) is 49.5 cm³/mol. The minimum absolute atomic E-state index is 3.82. The second-order valence-corrected chi connectivity index (χ2v) is 44.8. The van der Waals surface area contributed by atoms with Crippen LogP contribution in [0.25, 0.3) is 0 Å². The van der Waals surface area contributed by atoms with E-state index < -0.39 is 49.0 Å². The molecule has 1 heterocycles. The molecule has 0 nitrogen and oxygen atoms in total. The summed E-state index contributed by atoms with van der Waals surface area (Å²) in [5.41, 5.74) is 0. The Morgan fingerprint density at radius 2 is 0.417 bits per heavy atom. The molecule has 72 valence electrons. The van der Waals surface area contributed by atoms with Crippen molar-refractivity contribution >= 4 is 49.0 Å². The van der Waals surface area contributed by atoms with E-state index >= 15 is 0 Å². The summed E-state index contributed by atoms with van der Waals surface area (Å²) in [6.07, 6.45) is 0. The summed E-state index contributed by atoms with van der Waals surface area (Å²) in [4.78, 5) is 0. The molecule has 0 spiro atoms. The minimum atomic E-state index is -3.82. The van der Waals surface area contributed by atoms with Gasteiger partial charge in [-0.05, 0) is 0 Å². The largest absolute Gasteiger partial charge is 0.320 e. The maximum atomic E-state index is 12.6. The fraction of sp³-hybridized carbons (Fsp3) is 0. The molecule has 0 amide bonds. The number of hydrogen-bond donors (Lipinski definition) is 0. The Hall–Kier alpha value is 0.881. The van der Waals surface area contributed by atoms with Crippen molar-refractivity contribution in [1.29, 1.82) is 0 Å². The maximum absolute atomic E-state index is 12.6. The third-order valence-corrected chi connectivity index (χ3v) is 80.1. The van der Waals surface area contributed by atoms with Gasteiger partial charge in [0.25, 0.3) is 49.0 Å². The van der Waals surface area contributed by atoms with Gasteiger partial charge in [-0.25, -0.2) is 0 Å². The summed E-state index contributed by atoms with van der Waals surface area (Å²) in [7, 11) is -22.9. The Morgan fingerprint density at radius 3 is 0.500 bits per heavy atom. The molecule has 12 heteroatoms. The lowest BCUT2D eigenvalue weighted by molar-refractivity contribution is 0.772. The molecule has 0 N–H and O–H groups in total. The maximum Gasteiger partial charge on any atom is 0.273 e. The Labute approximate surface area is 74.0 Å². The second kappa shape index (κ2) is 3.95. The predicted octanol–water partition coefficient (Wildman–Crippen LogP) is -1.37. The average Bonchev–Trinajstić information content (AvgIpc) is 2.08. The standard InChI is InChI=1S/F6H6Si6/c1-7-8(2)10(4)12(6)11(5)9(7)3/h7-12H. The molecular weight excluding hydrogens is 283 g/mol. The molecule has 1 rings (SSSR count). The Bertz CT molecular complexity index is 104. The number of halogens is 6.